The lowest BCUT2D eigenvalue weighted by atomic mass is 10.2. The SMILES string of the molecule is CCCCn1nc(C2CC2)c2cnn(-c3cccc(Cl)c3)c2c1=O. The Morgan fingerprint density at radius 3 is 2.88 bits per heavy atom. The van der Waals surface area contributed by atoms with Crippen LogP contribution in [-0.4, -0.2) is 19.6 Å². The predicted octanol–water partition coefficient (Wildman–Crippen LogP) is 3.91. The van der Waals surface area contributed by atoms with Gasteiger partial charge in [-0.2, -0.15) is 10.2 Å². The van der Waals surface area contributed by atoms with E-state index in [2.05, 4.69) is 17.1 Å². The number of halogens is 1. The number of aryl methyl sites for hydroxylation is 1. The summed E-state index contributed by atoms with van der Waals surface area (Å²) in [5, 5.41) is 10.6. The number of benzene rings is 1. The molecule has 2 heterocycles. The van der Waals surface area contributed by atoms with Crippen LogP contribution in [0.3, 0.4) is 0 Å². The lowest BCUT2D eigenvalue weighted by Crippen LogP contribution is -2.26. The minimum absolute atomic E-state index is 0.0830. The molecule has 0 aliphatic heterocycles. The van der Waals surface area contributed by atoms with Crippen LogP contribution in [0.4, 0.5) is 0 Å². The van der Waals surface area contributed by atoms with Crippen molar-refractivity contribution in [2.75, 3.05) is 0 Å². The van der Waals surface area contributed by atoms with Crippen LogP contribution in [0.2, 0.25) is 5.02 Å². The van der Waals surface area contributed by atoms with Crippen molar-refractivity contribution in [2.45, 2.75) is 45.1 Å². The van der Waals surface area contributed by atoms with E-state index in [1.807, 2.05) is 24.3 Å². The predicted molar refractivity (Wildman–Crippen MR) is 95.0 cm³/mol. The summed E-state index contributed by atoms with van der Waals surface area (Å²) in [6.07, 6.45) is 6.00. The van der Waals surface area contributed by atoms with Crippen molar-refractivity contribution in [1.82, 2.24) is 19.6 Å². The summed E-state index contributed by atoms with van der Waals surface area (Å²) in [5.74, 6) is 0.456. The molecule has 1 aliphatic carbocycles. The van der Waals surface area contributed by atoms with Crippen molar-refractivity contribution in [3.63, 3.8) is 0 Å². The fourth-order valence-electron chi connectivity index (χ4n) is 3.01. The molecule has 0 unspecified atom stereocenters. The smallest absolute Gasteiger partial charge is 0.265 e. The van der Waals surface area contributed by atoms with Gasteiger partial charge >= 0.3 is 0 Å². The molecule has 0 atom stereocenters. The van der Waals surface area contributed by atoms with E-state index in [0.29, 0.717) is 23.0 Å². The first-order valence-electron chi connectivity index (χ1n) is 8.43. The molecule has 0 bridgehead atoms. The molecular formula is C18H19ClN4O. The maximum absolute atomic E-state index is 13.0. The number of aromatic nitrogens is 4. The molecule has 0 radical (unpaired) electrons. The Labute approximate surface area is 144 Å². The highest BCUT2D eigenvalue weighted by Gasteiger charge is 2.30. The molecule has 124 valence electrons. The lowest BCUT2D eigenvalue weighted by Gasteiger charge is -2.09. The van der Waals surface area contributed by atoms with E-state index in [4.69, 9.17) is 11.6 Å². The Bertz CT molecular complexity index is 955. The van der Waals surface area contributed by atoms with Gasteiger partial charge in [-0.05, 0) is 37.5 Å². The van der Waals surface area contributed by atoms with Gasteiger partial charge in [-0.1, -0.05) is 31.0 Å². The standard InChI is InChI=1S/C18H19ClN4O/c1-2-3-9-22-18(24)17-15(16(21-22)12-7-8-12)11-20-23(17)14-6-4-5-13(19)10-14/h4-6,10-12H,2-3,7-9H2,1H3. The fraction of sp³-hybridized carbons (Fsp3) is 0.389. The lowest BCUT2D eigenvalue weighted by molar-refractivity contribution is 0.537. The van der Waals surface area contributed by atoms with E-state index in [1.165, 1.54) is 0 Å². The zero-order chi connectivity index (χ0) is 16.7. The summed E-state index contributed by atoms with van der Waals surface area (Å²) in [5.41, 5.74) is 2.32. The highest BCUT2D eigenvalue weighted by molar-refractivity contribution is 6.30. The Balaban J connectivity index is 1.96. The molecule has 0 N–H and O–H groups in total. The molecule has 2 aromatic heterocycles. The van der Waals surface area contributed by atoms with Gasteiger partial charge in [0.25, 0.3) is 5.56 Å². The fourth-order valence-corrected chi connectivity index (χ4v) is 3.20. The Hall–Kier alpha value is -2.14. The van der Waals surface area contributed by atoms with Crippen LogP contribution >= 0.6 is 11.6 Å². The third-order valence-corrected chi connectivity index (χ3v) is 4.69. The van der Waals surface area contributed by atoms with E-state index in [9.17, 15) is 4.79 Å². The Morgan fingerprint density at radius 2 is 2.17 bits per heavy atom. The molecule has 1 saturated carbocycles. The van der Waals surface area contributed by atoms with E-state index in [0.717, 1.165) is 42.5 Å². The maximum Gasteiger partial charge on any atom is 0.293 e. The summed E-state index contributed by atoms with van der Waals surface area (Å²) < 4.78 is 3.31. The minimum Gasteiger partial charge on any atom is -0.265 e. The summed E-state index contributed by atoms with van der Waals surface area (Å²) in [4.78, 5) is 13.0. The van der Waals surface area contributed by atoms with Gasteiger partial charge in [-0.15, -0.1) is 0 Å². The second-order valence-electron chi connectivity index (χ2n) is 6.34. The van der Waals surface area contributed by atoms with Crippen molar-refractivity contribution in [2.24, 2.45) is 0 Å². The molecule has 5 nitrogen and oxygen atoms in total. The van der Waals surface area contributed by atoms with Crippen LogP contribution in [0, 0.1) is 0 Å². The molecule has 3 aromatic rings. The number of rotatable bonds is 5. The Kier molecular flexibility index (Phi) is 3.88. The molecule has 1 aliphatic rings. The van der Waals surface area contributed by atoms with E-state index in [-0.39, 0.29) is 5.56 Å². The summed E-state index contributed by atoms with van der Waals surface area (Å²) in [6.45, 7) is 2.76. The van der Waals surface area contributed by atoms with Crippen molar-refractivity contribution >= 4 is 22.5 Å². The number of hydrogen-bond donors (Lipinski definition) is 0. The molecule has 6 heteroatoms. The molecule has 0 spiro atoms. The first kappa shape index (κ1) is 15.4. The molecule has 0 saturated heterocycles. The average Bonchev–Trinajstić information content (AvgIpc) is 3.32. The molecule has 1 fully saturated rings. The zero-order valence-corrected chi connectivity index (χ0v) is 14.3. The molecule has 0 amide bonds. The van der Waals surface area contributed by atoms with E-state index in [1.54, 1.807) is 15.6 Å². The van der Waals surface area contributed by atoms with E-state index >= 15 is 0 Å². The van der Waals surface area contributed by atoms with Gasteiger partial charge in [0.05, 0.1) is 17.6 Å². The highest BCUT2D eigenvalue weighted by atomic mass is 35.5. The summed E-state index contributed by atoms with van der Waals surface area (Å²) >= 11 is 6.11. The highest BCUT2D eigenvalue weighted by Crippen LogP contribution is 2.41. The second-order valence-corrected chi connectivity index (χ2v) is 6.78. The normalized spacial score (nSPS) is 14.4. The van der Waals surface area contributed by atoms with Crippen LogP contribution < -0.4 is 5.56 Å². The van der Waals surface area contributed by atoms with Crippen molar-refractivity contribution in [1.29, 1.82) is 0 Å². The van der Waals surface area contributed by atoms with Gasteiger partial charge in [0.1, 0.15) is 5.52 Å². The molecule has 1 aromatic carbocycles. The molecular weight excluding hydrogens is 324 g/mol. The molecule has 24 heavy (non-hydrogen) atoms. The number of hydrogen-bond acceptors (Lipinski definition) is 3. The van der Waals surface area contributed by atoms with Crippen LogP contribution in [0.25, 0.3) is 16.6 Å². The van der Waals surface area contributed by atoms with Gasteiger partial charge < -0.3 is 0 Å². The number of fused-ring (bicyclic) bond motifs is 1. The number of nitrogens with zero attached hydrogens (tertiary/aromatic N) is 4. The van der Waals surface area contributed by atoms with Gasteiger partial charge in [-0.25, -0.2) is 9.36 Å². The van der Waals surface area contributed by atoms with Gasteiger partial charge in [0.15, 0.2) is 0 Å². The quantitative estimate of drug-likeness (QED) is 0.706. The average molecular weight is 343 g/mol. The summed E-state index contributed by atoms with van der Waals surface area (Å²) in [7, 11) is 0. The van der Waals surface area contributed by atoms with Gasteiger partial charge in [-0.3, -0.25) is 4.79 Å². The maximum atomic E-state index is 13.0. The Morgan fingerprint density at radius 1 is 1.33 bits per heavy atom. The topological polar surface area (TPSA) is 52.7 Å². The third kappa shape index (κ3) is 2.63. The van der Waals surface area contributed by atoms with E-state index < -0.39 is 0 Å². The summed E-state index contributed by atoms with van der Waals surface area (Å²) in [6, 6.07) is 7.41. The first-order valence-corrected chi connectivity index (χ1v) is 8.81. The van der Waals surface area contributed by atoms with Crippen molar-refractivity contribution in [3.05, 3.63) is 51.5 Å². The second kappa shape index (κ2) is 6.06. The van der Waals surface area contributed by atoms with Crippen LogP contribution in [0.15, 0.2) is 35.3 Å². The third-order valence-electron chi connectivity index (χ3n) is 4.45. The van der Waals surface area contributed by atoms with Gasteiger partial charge in [0, 0.05) is 22.9 Å². The van der Waals surface area contributed by atoms with Crippen LogP contribution in [0.5, 0.6) is 0 Å². The molecule has 4 rings (SSSR count). The zero-order valence-electron chi connectivity index (χ0n) is 13.6. The first-order chi connectivity index (χ1) is 11.7. The van der Waals surface area contributed by atoms with Gasteiger partial charge in [0.2, 0.25) is 0 Å². The number of unbranched alkanes of at least 4 members (excludes halogenated alkanes) is 1. The van der Waals surface area contributed by atoms with Crippen molar-refractivity contribution < 1.29 is 0 Å². The largest absolute Gasteiger partial charge is 0.293 e. The van der Waals surface area contributed by atoms with Crippen LogP contribution in [0.1, 0.15) is 44.2 Å². The van der Waals surface area contributed by atoms with Crippen molar-refractivity contribution in [3.8, 4) is 5.69 Å². The van der Waals surface area contributed by atoms with Crippen LogP contribution in [-0.2, 0) is 6.54 Å². The minimum atomic E-state index is -0.0830. The monoisotopic (exact) mass is 342 g/mol.